The summed E-state index contributed by atoms with van der Waals surface area (Å²) in [6.45, 7) is 0.998. The van der Waals surface area contributed by atoms with Crippen LogP contribution in [0.4, 0.5) is 5.69 Å². The molecule has 0 bridgehead atoms. The number of nitrogens with zero attached hydrogens (tertiary/aromatic N) is 4. The van der Waals surface area contributed by atoms with Crippen molar-refractivity contribution in [3.63, 3.8) is 0 Å². The lowest BCUT2D eigenvalue weighted by Gasteiger charge is -2.37. The third kappa shape index (κ3) is 17.3. The molecule has 1 amide bonds. The van der Waals surface area contributed by atoms with Crippen LogP contribution >= 0.6 is 12.2 Å². The summed E-state index contributed by atoms with van der Waals surface area (Å²) in [7, 11) is 1.62. The summed E-state index contributed by atoms with van der Waals surface area (Å²) in [6, 6.07) is 7.00. The monoisotopic (exact) mass is 695 g/mol. The highest BCUT2D eigenvalue weighted by molar-refractivity contribution is 7.80. The van der Waals surface area contributed by atoms with Gasteiger partial charge < -0.3 is 36.4 Å². The number of nitrogens with one attached hydrogen (secondary N) is 3. The molecule has 1 aromatic carbocycles. The van der Waals surface area contributed by atoms with Crippen molar-refractivity contribution in [1.82, 2.24) is 30.2 Å². The van der Waals surface area contributed by atoms with Gasteiger partial charge in [0.25, 0.3) is 0 Å². The topological polar surface area (TPSA) is 215 Å². The molecule has 48 heavy (non-hydrogen) atoms. The van der Waals surface area contributed by atoms with E-state index in [9.17, 15) is 44.4 Å². The lowest BCUT2D eigenvalue weighted by molar-refractivity contribution is -0.142. The van der Waals surface area contributed by atoms with Gasteiger partial charge in [0.1, 0.15) is 0 Å². The number of carbonyl (C=O) groups excluding carboxylic acids is 1. The van der Waals surface area contributed by atoms with Crippen LogP contribution in [0.25, 0.3) is 0 Å². The Hall–Kier alpha value is -3.90. The van der Waals surface area contributed by atoms with Crippen molar-refractivity contribution in [2.45, 2.75) is 38.1 Å². The number of carboxylic acid groups (broad SMARTS) is 4. The molecule has 1 aromatic rings. The predicted octanol–water partition coefficient (Wildman–Crippen LogP) is -0.249. The molecule has 0 saturated carbocycles. The van der Waals surface area contributed by atoms with Crippen LogP contribution in [0.1, 0.15) is 31.2 Å². The molecule has 0 aliphatic carbocycles. The lowest BCUT2D eigenvalue weighted by atomic mass is 10.0. The van der Waals surface area contributed by atoms with Crippen LogP contribution in [0.2, 0.25) is 0 Å². The molecule has 1 saturated heterocycles. The van der Waals surface area contributed by atoms with Crippen molar-refractivity contribution in [3.8, 4) is 0 Å². The van der Waals surface area contributed by atoms with Crippen LogP contribution in [0.15, 0.2) is 24.3 Å². The number of carboxylic acids is 4. The molecule has 1 atom stereocenters. The van der Waals surface area contributed by atoms with Crippen LogP contribution < -0.4 is 16.0 Å². The molecule has 7 N–H and O–H groups in total. The second-order valence-corrected chi connectivity index (χ2v) is 12.2. The molecule has 268 valence electrons. The van der Waals surface area contributed by atoms with Gasteiger partial charge in [-0.15, -0.1) is 0 Å². The van der Waals surface area contributed by atoms with Gasteiger partial charge in [0, 0.05) is 77.6 Å². The number of hydrogen-bond donors (Lipinski definition) is 7. The summed E-state index contributed by atoms with van der Waals surface area (Å²) < 4.78 is 0. The zero-order chi connectivity index (χ0) is 35.5. The molecule has 17 heteroatoms. The van der Waals surface area contributed by atoms with E-state index in [4.69, 9.17) is 12.2 Å². The van der Waals surface area contributed by atoms with Crippen molar-refractivity contribution < 1.29 is 44.4 Å². The van der Waals surface area contributed by atoms with E-state index in [2.05, 4.69) is 16.0 Å². The van der Waals surface area contributed by atoms with Gasteiger partial charge in [-0.3, -0.25) is 43.6 Å². The number of aliphatic carboxylic acids is 4. The van der Waals surface area contributed by atoms with Crippen molar-refractivity contribution >= 4 is 52.8 Å². The largest absolute Gasteiger partial charge is 0.480 e. The van der Waals surface area contributed by atoms with Crippen LogP contribution in [0, 0.1) is 0 Å². The summed E-state index contributed by atoms with van der Waals surface area (Å²) in [4.78, 5) is 64.9. The van der Waals surface area contributed by atoms with Crippen LogP contribution in [0.5, 0.6) is 0 Å². The first kappa shape index (κ1) is 40.3. The number of hydrogen-bond acceptors (Lipinski definition) is 10. The maximum atomic E-state index is 12.0. The normalized spacial score (nSPS) is 17.4. The highest BCUT2D eigenvalue weighted by Crippen LogP contribution is 2.16. The average molecular weight is 696 g/mol. The predicted molar refractivity (Wildman–Crippen MR) is 182 cm³/mol. The third-order valence-electron chi connectivity index (χ3n) is 7.90. The van der Waals surface area contributed by atoms with Crippen LogP contribution in [0.3, 0.4) is 0 Å². The highest BCUT2D eigenvalue weighted by Gasteiger charge is 2.27. The molecule has 1 aliphatic heterocycles. The Morgan fingerprint density at radius 3 is 1.79 bits per heavy atom. The van der Waals surface area contributed by atoms with Gasteiger partial charge in [-0.2, -0.15) is 0 Å². The minimum Gasteiger partial charge on any atom is -0.480 e. The number of anilines is 1. The molecule has 16 nitrogen and oxygen atoms in total. The Bertz CT molecular complexity index is 1220. The van der Waals surface area contributed by atoms with E-state index in [1.807, 2.05) is 24.3 Å². The van der Waals surface area contributed by atoms with Gasteiger partial charge in [0.15, 0.2) is 5.11 Å². The molecule has 0 spiro atoms. The van der Waals surface area contributed by atoms with Crippen molar-refractivity contribution in [2.24, 2.45) is 0 Å². The Balaban J connectivity index is 2.18. The van der Waals surface area contributed by atoms with E-state index in [1.165, 1.54) is 0 Å². The fourth-order valence-corrected chi connectivity index (χ4v) is 5.66. The van der Waals surface area contributed by atoms with Gasteiger partial charge in [0.05, 0.1) is 26.2 Å². The quantitative estimate of drug-likeness (QED) is 0.0826. The Labute approximate surface area is 286 Å². The minimum atomic E-state index is -1.07. The fraction of sp³-hybridized carbons (Fsp3) is 0.613. The van der Waals surface area contributed by atoms with Gasteiger partial charge in [-0.05, 0) is 49.2 Å². The van der Waals surface area contributed by atoms with E-state index >= 15 is 0 Å². The van der Waals surface area contributed by atoms with Crippen LogP contribution in [-0.2, 0) is 30.4 Å². The number of amides is 1. The zero-order valence-corrected chi connectivity index (χ0v) is 28.3. The first-order valence-corrected chi connectivity index (χ1v) is 16.4. The first-order chi connectivity index (χ1) is 22.8. The van der Waals surface area contributed by atoms with Gasteiger partial charge in [-0.1, -0.05) is 18.6 Å². The second-order valence-electron chi connectivity index (χ2n) is 11.8. The van der Waals surface area contributed by atoms with Crippen molar-refractivity contribution in [1.29, 1.82) is 0 Å². The summed E-state index contributed by atoms with van der Waals surface area (Å²) in [6.07, 6.45) is 3.41. The van der Waals surface area contributed by atoms with Crippen molar-refractivity contribution in [3.05, 3.63) is 29.8 Å². The standard InChI is InChI=1S/C31H49N7O9S/c1-32-26(39)5-3-2-4-10-33-31(48)34-24-8-6-23(7-9-24)17-25-18-37(21-29(44)45)14-13-35(19-27(40)41)11-12-36(20-28(42)43)15-16-38(25)22-30(46)47/h6-9,25H,2-5,10-22H2,1H3,(H,32,39)(H,40,41)(H,42,43)(H,44,45)(H,46,47)(H2,33,34,48)/t25-/m0/s1. The average Bonchev–Trinajstić information content (AvgIpc) is 3.00. The molecule has 0 aromatic heterocycles. The number of rotatable bonds is 17. The molecule has 0 unspecified atom stereocenters. The molecule has 1 heterocycles. The summed E-state index contributed by atoms with van der Waals surface area (Å²) in [5, 5.41) is 47.6. The molecule has 0 radical (unpaired) electrons. The number of carbonyl (C=O) groups is 5. The molecule has 2 rings (SSSR count). The van der Waals surface area contributed by atoms with E-state index < -0.39 is 29.9 Å². The Morgan fingerprint density at radius 1 is 0.729 bits per heavy atom. The smallest absolute Gasteiger partial charge is 0.317 e. The maximum absolute atomic E-state index is 12.0. The number of thiocarbonyl (C=S) groups is 1. The second kappa shape index (κ2) is 21.9. The summed E-state index contributed by atoms with van der Waals surface area (Å²) in [5.41, 5.74) is 1.61. The molecular formula is C31H49N7O9S. The minimum absolute atomic E-state index is 0.0221. The van der Waals surface area contributed by atoms with Gasteiger partial charge in [-0.25, -0.2) is 0 Å². The van der Waals surface area contributed by atoms with E-state index in [-0.39, 0.29) is 77.9 Å². The molecule has 1 fully saturated rings. The first-order valence-electron chi connectivity index (χ1n) is 16.0. The number of unbranched alkanes of at least 4 members (excludes halogenated alkanes) is 2. The van der Waals surface area contributed by atoms with E-state index in [0.29, 0.717) is 24.5 Å². The highest BCUT2D eigenvalue weighted by atomic mass is 32.1. The Morgan fingerprint density at radius 2 is 1.25 bits per heavy atom. The lowest BCUT2D eigenvalue weighted by Crippen LogP contribution is -2.53. The van der Waals surface area contributed by atoms with Gasteiger partial charge >= 0.3 is 23.9 Å². The Kier molecular flexibility index (Phi) is 18.4. The van der Waals surface area contributed by atoms with E-state index in [0.717, 1.165) is 30.5 Å². The molecule has 1 aliphatic rings. The maximum Gasteiger partial charge on any atom is 0.317 e. The number of benzene rings is 1. The molecular weight excluding hydrogens is 646 g/mol. The summed E-state index contributed by atoms with van der Waals surface area (Å²) >= 11 is 5.40. The summed E-state index contributed by atoms with van der Waals surface area (Å²) in [5.74, 6) is -4.21. The fourth-order valence-electron chi connectivity index (χ4n) is 5.44. The zero-order valence-electron chi connectivity index (χ0n) is 27.4. The van der Waals surface area contributed by atoms with Crippen LogP contribution in [-0.4, -0.2) is 167 Å². The third-order valence-corrected chi connectivity index (χ3v) is 8.14. The van der Waals surface area contributed by atoms with E-state index in [1.54, 1.807) is 26.6 Å². The SMILES string of the molecule is CNC(=O)CCCCCNC(=S)Nc1ccc(C[C@H]2CN(CC(=O)O)CCN(CC(=O)O)CCN(CC(=O)O)CCN2CC(=O)O)cc1. The van der Waals surface area contributed by atoms with Crippen molar-refractivity contribution in [2.75, 3.05) is 90.9 Å². The van der Waals surface area contributed by atoms with Gasteiger partial charge in [0.2, 0.25) is 5.91 Å².